The number of methoxy groups -OCH3 is 2. The van der Waals surface area contributed by atoms with Gasteiger partial charge in [0.2, 0.25) is 0 Å². The number of esters is 1. The predicted molar refractivity (Wildman–Crippen MR) is 147 cm³/mol. The SMILES string of the molecule is COc1ccc([C@@H]2CC(=O)C3=C(C2)NC(C)=C(C(=O)OC(C)C)[C@@H]3c2cccc3ccccc23)cc1OC. The molecule has 1 aliphatic heterocycles. The second kappa shape index (κ2) is 10.4. The van der Waals surface area contributed by atoms with E-state index in [4.69, 9.17) is 14.2 Å². The molecule has 1 aliphatic carbocycles. The Morgan fingerprint density at radius 3 is 2.42 bits per heavy atom. The summed E-state index contributed by atoms with van der Waals surface area (Å²) in [6.07, 6.45) is 0.702. The highest BCUT2D eigenvalue weighted by Gasteiger charge is 2.42. The van der Waals surface area contributed by atoms with Crippen LogP contribution in [0.4, 0.5) is 0 Å². The van der Waals surface area contributed by atoms with Crippen LogP contribution in [0.25, 0.3) is 10.8 Å². The molecule has 0 bridgehead atoms. The number of ether oxygens (including phenoxy) is 3. The first-order valence-electron chi connectivity index (χ1n) is 13.0. The van der Waals surface area contributed by atoms with Crippen molar-refractivity contribution >= 4 is 22.5 Å². The number of carbonyl (C=O) groups excluding carboxylic acids is 2. The van der Waals surface area contributed by atoms with Crippen LogP contribution in [0.3, 0.4) is 0 Å². The second-order valence-corrected chi connectivity index (χ2v) is 10.2. The van der Waals surface area contributed by atoms with E-state index in [1.54, 1.807) is 14.2 Å². The maximum absolute atomic E-state index is 14.0. The third-order valence-electron chi connectivity index (χ3n) is 7.40. The van der Waals surface area contributed by atoms with Crippen LogP contribution in [0.15, 0.2) is 83.2 Å². The maximum atomic E-state index is 14.0. The van der Waals surface area contributed by atoms with Crippen LogP contribution < -0.4 is 14.8 Å². The van der Waals surface area contributed by atoms with Gasteiger partial charge >= 0.3 is 5.97 Å². The van der Waals surface area contributed by atoms with Gasteiger partial charge in [-0.3, -0.25) is 4.79 Å². The van der Waals surface area contributed by atoms with E-state index in [2.05, 4.69) is 5.32 Å². The van der Waals surface area contributed by atoms with Gasteiger partial charge in [-0.1, -0.05) is 48.5 Å². The third-order valence-corrected chi connectivity index (χ3v) is 7.40. The number of nitrogens with one attached hydrogen (secondary N) is 1. The minimum atomic E-state index is -0.512. The molecule has 0 unspecified atom stereocenters. The molecule has 6 heteroatoms. The Kier molecular flexibility index (Phi) is 6.98. The van der Waals surface area contributed by atoms with Crippen LogP contribution in [-0.2, 0) is 14.3 Å². The number of dihydropyridines is 1. The van der Waals surface area contributed by atoms with Gasteiger partial charge in [-0.2, -0.15) is 0 Å². The Balaban J connectivity index is 1.63. The van der Waals surface area contributed by atoms with Gasteiger partial charge in [-0.25, -0.2) is 4.79 Å². The van der Waals surface area contributed by atoms with Crippen LogP contribution in [-0.4, -0.2) is 32.1 Å². The van der Waals surface area contributed by atoms with Crippen LogP contribution in [0.1, 0.15) is 56.6 Å². The first-order valence-corrected chi connectivity index (χ1v) is 13.0. The highest BCUT2D eigenvalue weighted by atomic mass is 16.5. The second-order valence-electron chi connectivity index (χ2n) is 10.2. The standard InChI is InChI=1S/C32H33NO5/c1-18(2)38-32(35)29-19(3)33-25-15-22(21-13-14-27(36-4)28(17-21)37-5)16-26(34)31(25)30(29)24-12-8-10-20-9-6-7-11-23(20)24/h6-14,17-18,22,30,33H,15-16H2,1-5H3/t22-,30-/m0/s1. The first kappa shape index (κ1) is 25.6. The van der Waals surface area contributed by atoms with E-state index < -0.39 is 11.9 Å². The number of hydrogen-bond acceptors (Lipinski definition) is 6. The van der Waals surface area contributed by atoms with E-state index in [1.165, 1.54) is 0 Å². The van der Waals surface area contributed by atoms with Crippen molar-refractivity contribution in [1.82, 2.24) is 5.32 Å². The Bertz CT molecular complexity index is 1480. The van der Waals surface area contributed by atoms with E-state index in [-0.39, 0.29) is 17.8 Å². The van der Waals surface area contributed by atoms with Crippen molar-refractivity contribution in [2.45, 2.75) is 51.6 Å². The van der Waals surface area contributed by atoms with E-state index in [1.807, 2.05) is 81.4 Å². The number of allylic oxidation sites excluding steroid dienone is 3. The lowest BCUT2D eigenvalue weighted by molar-refractivity contribution is -0.143. The van der Waals surface area contributed by atoms with Gasteiger partial charge in [0.25, 0.3) is 0 Å². The van der Waals surface area contributed by atoms with Gasteiger partial charge in [0.05, 0.1) is 25.9 Å². The van der Waals surface area contributed by atoms with Crippen molar-refractivity contribution in [2.24, 2.45) is 0 Å². The van der Waals surface area contributed by atoms with E-state index in [0.717, 1.165) is 27.6 Å². The average Bonchev–Trinajstić information content (AvgIpc) is 2.90. The summed E-state index contributed by atoms with van der Waals surface area (Å²) in [7, 11) is 3.22. The summed E-state index contributed by atoms with van der Waals surface area (Å²) in [4.78, 5) is 27.4. The molecule has 0 saturated carbocycles. The van der Waals surface area contributed by atoms with Crippen molar-refractivity contribution in [1.29, 1.82) is 0 Å². The number of carbonyl (C=O) groups is 2. The van der Waals surface area contributed by atoms with Crippen molar-refractivity contribution < 1.29 is 23.8 Å². The van der Waals surface area contributed by atoms with Crippen molar-refractivity contribution in [2.75, 3.05) is 14.2 Å². The van der Waals surface area contributed by atoms with Crippen LogP contribution >= 0.6 is 0 Å². The molecule has 2 atom stereocenters. The zero-order chi connectivity index (χ0) is 27.0. The van der Waals surface area contributed by atoms with Gasteiger partial charge in [-0.05, 0) is 67.1 Å². The lowest BCUT2D eigenvalue weighted by Crippen LogP contribution is -2.36. The maximum Gasteiger partial charge on any atom is 0.337 e. The lowest BCUT2D eigenvalue weighted by atomic mass is 9.71. The summed E-state index contributed by atoms with van der Waals surface area (Å²) < 4.78 is 16.6. The topological polar surface area (TPSA) is 73.9 Å². The van der Waals surface area contributed by atoms with Crippen molar-refractivity contribution in [3.05, 3.63) is 94.3 Å². The normalized spacial score (nSPS) is 19.4. The molecule has 1 N–H and O–H groups in total. The summed E-state index contributed by atoms with van der Waals surface area (Å²) in [6, 6.07) is 19.9. The summed E-state index contributed by atoms with van der Waals surface area (Å²) in [6.45, 7) is 5.56. The Hall–Kier alpha value is -4.06. The van der Waals surface area contributed by atoms with E-state index in [9.17, 15) is 9.59 Å². The van der Waals surface area contributed by atoms with Crippen LogP contribution in [0, 0.1) is 0 Å². The largest absolute Gasteiger partial charge is 0.493 e. The van der Waals surface area contributed by atoms with Gasteiger partial charge in [0, 0.05) is 29.3 Å². The summed E-state index contributed by atoms with van der Waals surface area (Å²) >= 11 is 0. The van der Waals surface area contributed by atoms with Crippen LogP contribution in [0.5, 0.6) is 11.5 Å². The summed E-state index contributed by atoms with van der Waals surface area (Å²) in [5, 5.41) is 5.51. The number of fused-ring (bicyclic) bond motifs is 1. The molecule has 0 fully saturated rings. The van der Waals surface area contributed by atoms with Gasteiger partial charge < -0.3 is 19.5 Å². The molecule has 0 radical (unpaired) electrons. The number of rotatable bonds is 6. The minimum absolute atomic E-state index is 0.0267. The molecule has 0 aromatic heterocycles. The molecule has 3 aromatic carbocycles. The highest BCUT2D eigenvalue weighted by Crippen LogP contribution is 2.47. The fourth-order valence-corrected chi connectivity index (χ4v) is 5.74. The molecule has 1 heterocycles. The molecular weight excluding hydrogens is 478 g/mol. The molecule has 6 nitrogen and oxygen atoms in total. The summed E-state index contributed by atoms with van der Waals surface area (Å²) in [5.74, 6) is 0.374. The third kappa shape index (κ3) is 4.55. The molecule has 0 saturated heterocycles. The molecule has 5 rings (SSSR count). The van der Waals surface area contributed by atoms with Gasteiger partial charge in [-0.15, -0.1) is 0 Å². The average molecular weight is 512 g/mol. The van der Waals surface area contributed by atoms with E-state index in [0.29, 0.717) is 41.2 Å². The number of hydrogen-bond donors (Lipinski definition) is 1. The number of Topliss-reactive ketones (excluding diaryl/α,β-unsaturated/α-hetero) is 1. The zero-order valence-corrected chi connectivity index (χ0v) is 22.5. The zero-order valence-electron chi connectivity index (χ0n) is 22.5. The lowest BCUT2D eigenvalue weighted by Gasteiger charge is -2.37. The van der Waals surface area contributed by atoms with Crippen molar-refractivity contribution in [3.8, 4) is 11.5 Å². The predicted octanol–water partition coefficient (Wildman–Crippen LogP) is 6.17. The first-order chi connectivity index (χ1) is 18.3. The molecule has 0 amide bonds. The smallest absolute Gasteiger partial charge is 0.337 e. The van der Waals surface area contributed by atoms with Gasteiger partial charge in [0.1, 0.15) is 0 Å². The quantitative estimate of drug-likeness (QED) is 0.399. The molecule has 2 aliphatic rings. The van der Waals surface area contributed by atoms with Crippen molar-refractivity contribution in [3.63, 3.8) is 0 Å². The fraction of sp³-hybridized carbons (Fsp3) is 0.312. The highest BCUT2D eigenvalue weighted by molar-refractivity contribution is 6.05. The molecule has 196 valence electrons. The Morgan fingerprint density at radius 1 is 0.947 bits per heavy atom. The number of benzene rings is 3. The molecule has 3 aromatic rings. The molecular formula is C32H33NO5. The van der Waals surface area contributed by atoms with E-state index >= 15 is 0 Å². The monoisotopic (exact) mass is 511 g/mol. The number of ketones is 1. The Labute approximate surface area is 223 Å². The minimum Gasteiger partial charge on any atom is -0.493 e. The Morgan fingerprint density at radius 2 is 1.68 bits per heavy atom. The van der Waals surface area contributed by atoms with Crippen LogP contribution in [0.2, 0.25) is 0 Å². The summed E-state index contributed by atoms with van der Waals surface area (Å²) in [5.41, 5.74) is 4.67. The fourth-order valence-electron chi connectivity index (χ4n) is 5.74. The molecule has 0 spiro atoms. The molecule has 38 heavy (non-hydrogen) atoms. The van der Waals surface area contributed by atoms with Gasteiger partial charge in [0.15, 0.2) is 17.3 Å².